The summed E-state index contributed by atoms with van der Waals surface area (Å²) < 4.78 is 25.1. The van der Waals surface area contributed by atoms with E-state index in [2.05, 4.69) is 0 Å². The summed E-state index contributed by atoms with van der Waals surface area (Å²) in [6, 6.07) is 10.6. The molecule has 0 unspecified atom stereocenters. The Balaban J connectivity index is 1.83. The van der Waals surface area contributed by atoms with Crippen LogP contribution in [0.1, 0.15) is 38.3 Å². The third kappa shape index (κ3) is 4.70. The van der Waals surface area contributed by atoms with E-state index in [-0.39, 0.29) is 11.2 Å². The quantitative estimate of drug-likeness (QED) is 0.611. The summed E-state index contributed by atoms with van der Waals surface area (Å²) >= 11 is 12.2. The van der Waals surface area contributed by atoms with E-state index in [9.17, 15) is 8.42 Å². The highest BCUT2D eigenvalue weighted by atomic mass is 35.5. The Labute approximate surface area is 177 Å². The van der Waals surface area contributed by atoms with Crippen molar-refractivity contribution in [1.82, 2.24) is 0 Å². The molecule has 2 aromatic rings. The standard InChI is InChI=1S/C21H24Cl2N2O2S/c1-14-11-18(22)19(23)12-17(14)20-9-10-25(24-20)15-5-7-16(8-6-15)28(26,27)13-21(2,3)4/h5-8,11-12H,9-10,13H2,1-4H3. The van der Waals surface area contributed by atoms with Crippen LogP contribution in [0.3, 0.4) is 0 Å². The number of aryl methyl sites for hydroxylation is 1. The maximum absolute atomic E-state index is 12.5. The van der Waals surface area contributed by atoms with E-state index in [1.807, 2.05) is 57.0 Å². The molecule has 1 aliphatic heterocycles. The smallest absolute Gasteiger partial charge is 0.178 e. The molecular formula is C21H24Cl2N2O2S. The average Bonchev–Trinajstić information content (AvgIpc) is 3.06. The molecule has 7 heteroatoms. The molecule has 0 atom stereocenters. The van der Waals surface area contributed by atoms with Crippen molar-refractivity contribution in [1.29, 1.82) is 0 Å². The summed E-state index contributed by atoms with van der Waals surface area (Å²) in [5.74, 6) is 0.113. The van der Waals surface area contributed by atoms with Crippen molar-refractivity contribution < 1.29 is 8.42 Å². The Morgan fingerprint density at radius 2 is 1.68 bits per heavy atom. The van der Waals surface area contributed by atoms with Gasteiger partial charge in [-0.25, -0.2) is 8.42 Å². The molecule has 0 aliphatic carbocycles. The predicted octanol–water partition coefficient (Wildman–Crippen LogP) is 5.74. The highest BCUT2D eigenvalue weighted by molar-refractivity contribution is 7.91. The number of halogens is 2. The minimum Gasteiger partial charge on any atom is -0.265 e. The SMILES string of the molecule is Cc1cc(Cl)c(Cl)cc1C1=NN(c2ccc(S(=O)(=O)CC(C)(C)C)cc2)CC1. The zero-order valence-electron chi connectivity index (χ0n) is 16.5. The van der Waals surface area contributed by atoms with Crippen molar-refractivity contribution in [3.8, 4) is 0 Å². The third-order valence-corrected chi connectivity index (χ3v) is 7.46. The van der Waals surface area contributed by atoms with Crippen LogP contribution >= 0.6 is 23.2 Å². The lowest BCUT2D eigenvalue weighted by Crippen LogP contribution is -2.21. The lowest BCUT2D eigenvalue weighted by molar-refractivity contribution is 0.462. The molecule has 0 aromatic heterocycles. The lowest BCUT2D eigenvalue weighted by Gasteiger charge is -2.19. The van der Waals surface area contributed by atoms with E-state index in [1.54, 1.807) is 12.1 Å². The fourth-order valence-corrected chi connectivity index (χ4v) is 5.51. The molecule has 3 rings (SSSR count). The molecule has 0 bridgehead atoms. The maximum Gasteiger partial charge on any atom is 0.178 e. The normalized spacial score (nSPS) is 15.1. The average molecular weight is 439 g/mol. The molecule has 0 spiro atoms. The lowest BCUT2D eigenvalue weighted by atomic mass is 10.0. The van der Waals surface area contributed by atoms with Gasteiger partial charge in [0.05, 0.1) is 32.1 Å². The van der Waals surface area contributed by atoms with Gasteiger partial charge in [0.15, 0.2) is 9.84 Å². The molecule has 0 radical (unpaired) electrons. The molecule has 2 aromatic carbocycles. The summed E-state index contributed by atoms with van der Waals surface area (Å²) in [5.41, 5.74) is 3.53. The summed E-state index contributed by atoms with van der Waals surface area (Å²) in [5, 5.41) is 7.64. The van der Waals surface area contributed by atoms with Crippen molar-refractivity contribution in [3.63, 3.8) is 0 Å². The number of hydrogen-bond acceptors (Lipinski definition) is 4. The topological polar surface area (TPSA) is 49.7 Å². The van der Waals surface area contributed by atoms with Crippen LogP contribution < -0.4 is 5.01 Å². The Hall–Kier alpha value is -1.56. The third-order valence-electron chi connectivity index (χ3n) is 4.50. The largest absolute Gasteiger partial charge is 0.265 e. The number of hydrazone groups is 1. The van der Waals surface area contributed by atoms with Crippen molar-refractivity contribution in [2.24, 2.45) is 10.5 Å². The monoisotopic (exact) mass is 438 g/mol. The molecule has 0 saturated heterocycles. The Morgan fingerprint density at radius 1 is 1.07 bits per heavy atom. The van der Waals surface area contributed by atoms with E-state index >= 15 is 0 Å². The van der Waals surface area contributed by atoms with E-state index in [1.165, 1.54) is 0 Å². The van der Waals surface area contributed by atoms with Crippen molar-refractivity contribution in [2.45, 2.75) is 39.0 Å². The van der Waals surface area contributed by atoms with E-state index in [4.69, 9.17) is 28.3 Å². The van der Waals surface area contributed by atoms with Gasteiger partial charge in [0.25, 0.3) is 0 Å². The molecule has 0 amide bonds. The van der Waals surface area contributed by atoms with Crippen molar-refractivity contribution in [3.05, 3.63) is 57.6 Å². The zero-order chi connectivity index (χ0) is 20.7. The highest BCUT2D eigenvalue weighted by Crippen LogP contribution is 2.30. The van der Waals surface area contributed by atoms with Gasteiger partial charge in [0, 0.05) is 18.5 Å². The first-order chi connectivity index (χ1) is 13.0. The first-order valence-electron chi connectivity index (χ1n) is 9.10. The molecule has 150 valence electrons. The van der Waals surface area contributed by atoms with Crippen molar-refractivity contribution >= 4 is 44.4 Å². The Kier molecular flexibility index (Phi) is 5.81. The molecule has 0 saturated carbocycles. The van der Waals surface area contributed by atoms with Crippen LogP contribution in [0.4, 0.5) is 5.69 Å². The van der Waals surface area contributed by atoms with Crippen LogP contribution in [0, 0.1) is 12.3 Å². The molecule has 0 N–H and O–H groups in total. The number of benzene rings is 2. The van der Waals surface area contributed by atoms with Gasteiger partial charge in [-0.15, -0.1) is 0 Å². The second kappa shape index (κ2) is 7.69. The van der Waals surface area contributed by atoms with E-state index in [0.29, 0.717) is 14.9 Å². The summed E-state index contributed by atoms with van der Waals surface area (Å²) in [6.07, 6.45) is 0.781. The second-order valence-corrected chi connectivity index (χ2v) is 11.1. The van der Waals surface area contributed by atoms with Gasteiger partial charge >= 0.3 is 0 Å². The molecule has 4 nitrogen and oxygen atoms in total. The first kappa shape index (κ1) is 21.2. The van der Waals surface area contributed by atoms with Crippen LogP contribution in [-0.4, -0.2) is 26.4 Å². The van der Waals surface area contributed by atoms with E-state index in [0.717, 1.165) is 35.5 Å². The second-order valence-electron chi connectivity index (χ2n) is 8.31. The number of nitrogens with zero attached hydrogens (tertiary/aromatic N) is 2. The van der Waals surface area contributed by atoms with Crippen LogP contribution in [0.2, 0.25) is 10.0 Å². The molecule has 28 heavy (non-hydrogen) atoms. The van der Waals surface area contributed by atoms with Crippen LogP contribution in [0.25, 0.3) is 0 Å². The summed E-state index contributed by atoms with van der Waals surface area (Å²) in [4.78, 5) is 0.343. The minimum atomic E-state index is -3.31. The highest BCUT2D eigenvalue weighted by Gasteiger charge is 2.24. The minimum absolute atomic E-state index is 0.113. The predicted molar refractivity (Wildman–Crippen MR) is 118 cm³/mol. The Bertz CT molecular complexity index is 1020. The fourth-order valence-electron chi connectivity index (χ4n) is 3.27. The van der Waals surface area contributed by atoms with Gasteiger partial charge in [0.2, 0.25) is 0 Å². The van der Waals surface area contributed by atoms with Gasteiger partial charge in [-0.3, -0.25) is 5.01 Å². The van der Waals surface area contributed by atoms with Gasteiger partial charge in [-0.2, -0.15) is 5.10 Å². The Morgan fingerprint density at radius 3 is 2.29 bits per heavy atom. The van der Waals surface area contributed by atoms with Gasteiger partial charge in [-0.1, -0.05) is 44.0 Å². The maximum atomic E-state index is 12.5. The van der Waals surface area contributed by atoms with Crippen LogP contribution in [-0.2, 0) is 9.84 Å². The zero-order valence-corrected chi connectivity index (χ0v) is 18.8. The number of rotatable bonds is 4. The van der Waals surface area contributed by atoms with Gasteiger partial charge in [0.1, 0.15) is 0 Å². The van der Waals surface area contributed by atoms with Gasteiger partial charge < -0.3 is 0 Å². The van der Waals surface area contributed by atoms with E-state index < -0.39 is 9.84 Å². The molecular weight excluding hydrogens is 415 g/mol. The summed E-state index contributed by atoms with van der Waals surface area (Å²) in [7, 11) is -3.31. The summed E-state index contributed by atoms with van der Waals surface area (Å²) in [6.45, 7) is 8.47. The molecule has 1 heterocycles. The van der Waals surface area contributed by atoms with Crippen LogP contribution in [0.15, 0.2) is 46.4 Å². The molecule has 1 aliphatic rings. The number of anilines is 1. The van der Waals surface area contributed by atoms with Crippen LogP contribution in [0.5, 0.6) is 0 Å². The van der Waals surface area contributed by atoms with Gasteiger partial charge in [-0.05, 0) is 54.3 Å². The fraction of sp³-hybridized carbons (Fsp3) is 0.381. The number of hydrogen-bond donors (Lipinski definition) is 0. The van der Waals surface area contributed by atoms with Crippen molar-refractivity contribution in [2.75, 3.05) is 17.3 Å². The first-order valence-corrected chi connectivity index (χ1v) is 11.5. The number of sulfone groups is 1. The molecule has 0 fully saturated rings.